The van der Waals surface area contributed by atoms with Gasteiger partial charge < -0.3 is 34.3 Å². The van der Waals surface area contributed by atoms with E-state index in [1.54, 1.807) is 41.5 Å². The van der Waals surface area contributed by atoms with Crippen molar-refractivity contribution in [1.82, 2.24) is 29.7 Å². The quantitative estimate of drug-likeness (QED) is 0.0691. The van der Waals surface area contributed by atoms with Crippen LogP contribution >= 0.6 is 0 Å². The molecule has 3 rings (SSSR count). The Kier molecular flexibility index (Phi) is 17.5. The molecular formula is C42H63N7O12Si. The molecule has 0 bridgehead atoms. The Labute approximate surface area is 362 Å². The number of carbonyl (C=O) groups is 5. The Morgan fingerprint density at radius 2 is 1.39 bits per heavy atom. The summed E-state index contributed by atoms with van der Waals surface area (Å²) in [5, 5.41) is 5.26. The zero-order valence-electron chi connectivity index (χ0n) is 38.0. The van der Waals surface area contributed by atoms with E-state index in [4.69, 9.17) is 23.7 Å². The van der Waals surface area contributed by atoms with Gasteiger partial charge in [-0.3, -0.25) is 14.2 Å². The Hall–Kier alpha value is -5.63. The maximum atomic E-state index is 14.3. The topological polar surface area (TPSA) is 229 Å². The van der Waals surface area contributed by atoms with E-state index in [9.17, 15) is 33.6 Å². The summed E-state index contributed by atoms with van der Waals surface area (Å²) in [6.45, 7) is 20.7. The van der Waals surface area contributed by atoms with E-state index in [-0.39, 0.29) is 49.5 Å². The molecule has 2 aromatic heterocycles. The Morgan fingerprint density at radius 1 is 0.790 bits per heavy atom. The molecule has 0 saturated carbocycles. The van der Waals surface area contributed by atoms with Crippen molar-refractivity contribution in [2.24, 2.45) is 0 Å². The SMILES string of the molecule is CC(C)(C)OC(=O)N(C(=O)OC(C)(C)C)c1ncnc2c1c(=O)n(C(=O)OC(C)(C)C)c(=O)n2CCNC(CCCCNC(=O)OCc1ccccc1)C(=O)OCC[Si](C)(C)C. The standard InChI is InChI=1S/C42H63N7O12Si/c1-40(2,3)59-37(54)48(38(55)60-41(4,5)6)32-30-31(45-27-46-32)47(36(53)49(33(30)50)39(56)61-42(7,8)9)23-22-43-29(34(51)57-24-25-62(10,11)12)20-16-17-21-44-35(52)58-26-28-18-14-13-15-19-28/h13-15,18-19,27,29,43H,16-17,20-26H2,1-12H3,(H,44,52). The van der Waals surface area contributed by atoms with Gasteiger partial charge in [0, 0.05) is 27.7 Å². The van der Waals surface area contributed by atoms with Gasteiger partial charge in [0.15, 0.2) is 11.5 Å². The van der Waals surface area contributed by atoms with Gasteiger partial charge >= 0.3 is 36.0 Å². The third kappa shape index (κ3) is 16.3. The number of nitrogens with zero attached hydrogens (tertiary/aromatic N) is 5. The lowest BCUT2D eigenvalue weighted by Gasteiger charge is -2.28. The first-order valence-electron chi connectivity index (χ1n) is 20.5. The second kappa shape index (κ2) is 21.4. The summed E-state index contributed by atoms with van der Waals surface area (Å²) in [7, 11) is -1.55. The molecular weight excluding hydrogens is 823 g/mol. The number of imide groups is 1. The number of esters is 1. The van der Waals surface area contributed by atoms with Crippen molar-refractivity contribution in [3.8, 4) is 0 Å². The highest BCUT2D eigenvalue weighted by atomic mass is 28.3. The first kappa shape index (κ1) is 50.7. The van der Waals surface area contributed by atoms with Gasteiger partial charge in [0.05, 0.1) is 6.61 Å². The molecule has 0 spiro atoms. The van der Waals surface area contributed by atoms with Crippen molar-refractivity contribution < 1.29 is 47.7 Å². The van der Waals surface area contributed by atoms with Gasteiger partial charge in [-0.25, -0.2) is 33.9 Å². The maximum absolute atomic E-state index is 14.3. The van der Waals surface area contributed by atoms with E-state index in [0.717, 1.165) is 22.5 Å². The second-order valence-corrected chi connectivity index (χ2v) is 24.3. The molecule has 0 radical (unpaired) electrons. The first-order valence-corrected chi connectivity index (χ1v) is 24.2. The largest absolute Gasteiger partial charge is 0.465 e. The molecule has 0 fully saturated rings. The van der Waals surface area contributed by atoms with Crippen LogP contribution in [0.1, 0.15) is 87.1 Å². The number of amides is 3. The van der Waals surface area contributed by atoms with Gasteiger partial charge in [0.1, 0.15) is 41.2 Å². The minimum atomic E-state index is -1.55. The fourth-order valence-corrected chi connectivity index (χ4v) is 6.24. The third-order valence-electron chi connectivity index (χ3n) is 8.35. The van der Waals surface area contributed by atoms with Crippen LogP contribution in [0.3, 0.4) is 0 Å². The van der Waals surface area contributed by atoms with Crippen LogP contribution in [0.5, 0.6) is 0 Å². The summed E-state index contributed by atoms with van der Waals surface area (Å²) in [4.78, 5) is 104. The van der Waals surface area contributed by atoms with E-state index < -0.39 is 83.7 Å². The van der Waals surface area contributed by atoms with Gasteiger partial charge in [0.2, 0.25) is 0 Å². The molecule has 2 heterocycles. The highest BCUT2D eigenvalue weighted by molar-refractivity contribution is 6.76. The lowest BCUT2D eigenvalue weighted by Crippen LogP contribution is -2.49. The Morgan fingerprint density at radius 3 is 1.95 bits per heavy atom. The minimum absolute atomic E-state index is 0.0967. The molecule has 1 unspecified atom stereocenters. The number of hydrogen-bond donors (Lipinski definition) is 2. The summed E-state index contributed by atoms with van der Waals surface area (Å²) in [6.07, 6.45) is -2.24. The van der Waals surface area contributed by atoms with Crippen molar-refractivity contribution in [2.45, 2.75) is 143 Å². The van der Waals surface area contributed by atoms with Crippen LogP contribution in [-0.4, -0.2) is 100 Å². The minimum Gasteiger partial charge on any atom is -0.465 e. The molecule has 2 N–H and O–H groups in total. The van der Waals surface area contributed by atoms with Crippen LogP contribution in [-0.2, 0) is 41.6 Å². The molecule has 3 aromatic rings. The van der Waals surface area contributed by atoms with Crippen molar-refractivity contribution in [1.29, 1.82) is 0 Å². The van der Waals surface area contributed by atoms with Crippen LogP contribution < -0.4 is 26.8 Å². The summed E-state index contributed by atoms with van der Waals surface area (Å²) in [5.41, 5.74) is -5.33. The van der Waals surface area contributed by atoms with Gasteiger partial charge in [-0.2, -0.15) is 9.47 Å². The second-order valence-electron chi connectivity index (χ2n) is 18.7. The Bertz CT molecular complexity index is 2140. The van der Waals surface area contributed by atoms with Crippen LogP contribution in [0, 0.1) is 0 Å². The molecule has 62 heavy (non-hydrogen) atoms. The van der Waals surface area contributed by atoms with Crippen molar-refractivity contribution in [3.05, 3.63) is 63.1 Å². The fourth-order valence-electron chi connectivity index (χ4n) is 5.53. The predicted octanol–water partition coefficient (Wildman–Crippen LogP) is 6.35. The van der Waals surface area contributed by atoms with E-state index >= 15 is 0 Å². The fraction of sp³-hybridized carbons (Fsp3) is 0.595. The van der Waals surface area contributed by atoms with E-state index in [1.807, 2.05) is 30.3 Å². The van der Waals surface area contributed by atoms with Gasteiger partial charge in [0.25, 0.3) is 5.56 Å². The monoisotopic (exact) mass is 885 g/mol. The molecule has 0 aliphatic heterocycles. The lowest BCUT2D eigenvalue weighted by molar-refractivity contribution is -0.145. The van der Waals surface area contributed by atoms with Crippen molar-refractivity contribution in [3.63, 3.8) is 0 Å². The number of ether oxygens (including phenoxy) is 5. The third-order valence-corrected chi connectivity index (χ3v) is 10.1. The van der Waals surface area contributed by atoms with Gasteiger partial charge in [-0.15, -0.1) is 0 Å². The number of alkyl carbamates (subject to hydrolysis) is 1. The van der Waals surface area contributed by atoms with Crippen molar-refractivity contribution in [2.75, 3.05) is 24.6 Å². The van der Waals surface area contributed by atoms with Crippen molar-refractivity contribution >= 4 is 55.3 Å². The molecule has 0 saturated heterocycles. The summed E-state index contributed by atoms with van der Waals surface area (Å²) >= 11 is 0. The smallest absolute Gasteiger partial charge is 0.425 e. The molecule has 0 aliphatic rings. The number of aromatic nitrogens is 4. The number of rotatable bonds is 16. The van der Waals surface area contributed by atoms with Crippen LogP contribution in [0.25, 0.3) is 11.0 Å². The molecule has 20 heteroatoms. The number of benzene rings is 1. The zero-order valence-corrected chi connectivity index (χ0v) is 39.0. The molecule has 1 atom stereocenters. The van der Waals surface area contributed by atoms with E-state index in [2.05, 4.69) is 40.2 Å². The van der Waals surface area contributed by atoms with Crippen LogP contribution in [0.4, 0.5) is 25.0 Å². The van der Waals surface area contributed by atoms with Gasteiger partial charge in [-0.05, 0) is 93.2 Å². The van der Waals surface area contributed by atoms with Crippen LogP contribution in [0.2, 0.25) is 25.7 Å². The zero-order chi connectivity index (χ0) is 46.6. The molecule has 3 amide bonds. The number of nitrogens with one attached hydrogen (secondary N) is 2. The molecule has 19 nitrogen and oxygen atoms in total. The molecule has 1 aromatic carbocycles. The van der Waals surface area contributed by atoms with E-state index in [1.165, 1.54) is 20.8 Å². The molecule has 0 aliphatic carbocycles. The average molecular weight is 886 g/mol. The number of fused-ring (bicyclic) bond motifs is 1. The average Bonchev–Trinajstić information content (AvgIpc) is 3.12. The number of carbonyl (C=O) groups excluding carboxylic acids is 5. The summed E-state index contributed by atoms with van der Waals surface area (Å²) in [6, 6.07) is 9.13. The van der Waals surface area contributed by atoms with E-state index in [0.29, 0.717) is 17.7 Å². The molecule has 342 valence electrons. The number of unbranched alkanes of at least 4 members (excludes halogenated alkanes) is 1. The number of hydrogen-bond acceptors (Lipinski definition) is 15. The summed E-state index contributed by atoms with van der Waals surface area (Å²) in [5.74, 6) is -1.15. The first-order chi connectivity index (χ1) is 28.7. The Balaban J connectivity index is 2.00. The number of anilines is 1. The highest BCUT2D eigenvalue weighted by Gasteiger charge is 2.37. The highest BCUT2D eigenvalue weighted by Crippen LogP contribution is 2.25. The maximum Gasteiger partial charge on any atom is 0.425 e. The normalized spacial score (nSPS) is 12.6. The summed E-state index contributed by atoms with van der Waals surface area (Å²) < 4.78 is 28.6. The lowest BCUT2D eigenvalue weighted by atomic mass is 10.1. The van der Waals surface area contributed by atoms with Gasteiger partial charge in [-0.1, -0.05) is 50.0 Å². The van der Waals surface area contributed by atoms with Crippen LogP contribution in [0.15, 0.2) is 46.2 Å². The predicted molar refractivity (Wildman–Crippen MR) is 234 cm³/mol.